The van der Waals surface area contributed by atoms with Gasteiger partial charge in [0, 0.05) is 18.7 Å². The Labute approximate surface area is 277 Å². The summed E-state index contributed by atoms with van der Waals surface area (Å²) in [5, 5.41) is 24.2. The minimum atomic E-state index is -0.979. The number of pyridine rings is 1. The van der Waals surface area contributed by atoms with Gasteiger partial charge >= 0.3 is 5.97 Å². The molecule has 0 spiro atoms. The monoisotopic (exact) mass is 634 g/mol. The number of carbonyl (C=O) groups excluding carboxylic acids is 1. The molecule has 246 valence electrons. The Morgan fingerprint density at radius 1 is 0.979 bits per heavy atom. The minimum absolute atomic E-state index is 0.117. The second-order valence-corrected chi connectivity index (χ2v) is 13.1. The maximum absolute atomic E-state index is 12.6. The van der Waals surface area contributed by atoms with Gasteiger partial charge in [-0.3, -0.25) is 4.79 Å². The van der Waals surface area contributed by atoms with Crippen LogP contribution in [0.25, 0.3) is 17.1 Å². The quantitative estimate of drug-likeness (QED) is 0.186. The zero-order valence-corrected chi connectivity index (χ0v) is 27.8. The fraction of sp³-hybridized carbons (Fsp3) is 0.436. The number of rotatable bonds is 11. The molecular formula is C39H46N4O4. The van der Waals surface area contributed by atoms with Crippen molar-refractivity contribution in [3.8, 4) is 17.1 Å². The van der Waals surface area contributed by atoms with Crippen molar-refractivity contribution in [1.29, 1.82) is 0 Å². The lowest BCUT2D eigenvalue weighted by atomic mass is 9.83. The van der Waals surface area contributed by atoms with E-state index >= 15 is 0 Å². The number of amides is 1. The standard InChI is InChI=1S/C39H46N4O4/c1-4-9-35(44)38(45)42-20-18-27(19-21-42)30-17-14-25(22-26(30)5-2)23-29-16-15-28-10-7-11-31(37(28)29)33-12-8-13-36(41-33)43-34(6-3)32(24-40-43)39(46)47/h7-8,10-14,17,22,24,27,29,35,44H,4-6,9,15-16,18-21,23H2,1-3H3,(H,46,47). The van der Waals surface area contributed by atoms with Gasteiger partial charge in [0.25, 0.3) is 5.91 Å². The minimum Gasteiger partial charge on any atom is -0.478 e. The third-order valence-electron chi connectivity index (χ3n) is 10.2. The number of aliphatic hydroxyl groups excluding tert-OH is 1. The SMILES string of the molecule is CCCC(O)C(=O)N1CCC(c2ccc(CC3CCc4cccc(-c5cccc(-n6ncc(C(=O)O)c6CC)n5)c43)cc2CC)CC1. The number of nitrogens with zero attached hydrogens (tertiary/aromatic N) is 4. The average molecular weight is 635 g/mol. The highest BCUT2D eigenvalue weighted by molar-refractivity contribution is 5.88. The molecule has 2 atom stereocenters. The number of benzene rings is 2. The summed E-state index contributed by atoms with van der Waals surface area (Å²) in [6, 6.07) is 19.5. The van der Waals surface area contributed by atoms with Crippen LogP contribution in [0.2, 0.25) is 0 Å². The number of likely N-dealkylation sites (tertiary alicyclic amines) is 1. The van der Waals surface area contributed by atoms with E-state index < -0.39 is 12.1 Å². The van der Waals surface area contributed by atoms with Gasteiger partial charge in [-0.1, -0.05) is 69.7 Å². The summed E-state index contributed by atoms with van der Waals surface area (Å²) in [4.78, 5) is 31.2. The summed E-state index contributed by atoms with van der Waals surface area (Å²) in [5.74, 6) is 0.328. The number of fused-ring (bicyclic) bond motifs is 1. The number of carboxylic acid groups (broad SMARTS) is 1. The molecule has 0 bridgehead atoms. The van der Waals surface area contributed by atoms with Gasteiger partial charge in [0.05, 0.1) is 17.6 Å². The van der Waals surface area contributed by atoms with Crippen molar-refractivity contribution in [3.05, 3.63) is 99.9 Å². The van der Waals surface area contributed by atoms with Gasteiger partial charge in [-0.25, -0.2) is 14.5 Å². The van der Waals surface area contributed by atoms with Crippen molar-refractivity contribution in [1.82, 2.24) is 19.7 Å². The lowest BCUT2D eigenvalue weighted by Gasteiger charge is -2.34. The lowest BCUT2D eigenvalue weighted by molar-refractivity contribution is -0.141. The molecule has 1 fully saturated rings. The summed E-state index contributed by atoms with van der Waals surface area (Å²) < 4.78 is 1.65. The average Bonchev–Trinajstić information content (AvgIpc) is 3.73. The van der Waals surface area contributed by atoms with Crippen molar-refractivity contribution in [2.45, 2.75) is 96.5 Å². The number of aromatic carboxylic acids is 1. The Morgan fingerprint density at radius 3 is 2.49 bits per heavy atom. The molecule has 1 aliphatic carbocycles. The highest BCUT2D eigenvalue weighted by Crippen LogP contribution is 2.42. The topological polar surface area (TPSA) is 109 Å². The highest BCUT2D eigenvalue weighted by atomic mass is 16.4. The Bertz CT molecular complexity index is 1750. The Hall–Kier alpha value is -4.30. The maximum atomic E-state index is 12.6. The Morgan fingerprint density at radius 2 is 1.77 bits per heavy atom. The summed E-state index contributed by atoms with van der Waals surface area (Å²) in [7, 11) is 0. The molecule has 1 aliphatic heterocycles. The van der Waals surface area contributed by atoms with Crippen LogP contribution in [-0.4, -0.2) is 60.9 Å². The first-order valence-electron chi connectivity index (χ1n) is 17.3. The van der Waals surface area contributed by atoms with Gasteiger partial charge in [-0.15, -0.1) is 0 Å². The molecule has 2 N–H and O–H groups in total. The number of aromatic nitrogens is 3. The van der Waals surface area contributed by atoms with E-state index in [2.05, 4.69) is 48.4 Å². The van der Waals surface area contributed by atoms with Crippen LogP contribution in [0.4, 0.5) is 0 Å². The van der Waals surface area contributed by atoms with E-state index in [1.54, 1.807) is 4.68 Å². The fourth-order valence-electron chi connectivity index (χ4n) is 7.79. The molecule has 8 heteroatoms. The van der Waals surface area contributed by atoms with Crippen LogP contribution < -0.4 is 0 Å². The Kier molecular flexibility index (Phi) is 9.87. The second-order valence-electron chi connectivity index (χ2n) is 13.1. The number of carboxylic acids is 1. The van der Waals surface area contributed by atoms with Gasteiger partial charge in [-0.05, 0) is 103 Å². The molecule has 2 aliphatic rings. The predicted molar refractivity (Wildman–Crippen MR) is 183 cm³/mol. The normalized spacial score (nSPS) is 17.1. The van der Waals surface area contributed by atoms with Crippen molar-refractivity contribution in [2.75, 3.05) is 13.1 Å². The molecule has 47 heavy (non-hydrogen) atoms. The first-order valence-corrected chi connectivity index (χ1v) is 17.3. The highest BCUT2D eigenvalue weighted by Gasteiger charge is 2.30. The summed E-state index contributed by atoms with van der Waals surface area (Å²) >= 11 is 0. The zero-order valence-electron chi connectivity index (χ0n) is 27.8. The first-order chi connectivity index (χ1) is 22.8. The molecular weight excluding hydrogens is 588 g/mol. The van der Waals surface area contributed by atoms with Crippen molar-refractivity contribution in [3.63, 3.8) is 0 Å². The lowest BCUT2D eigenvalue weighted by Crippen LogP contribution is -2.43. The molecule has 0 radical (unpaired) electrons. The third kappa shape index (κ3) is 6.61. The Balaban J connectivity index is 1.21. The fourth-order valence-corrected chi connectivity index (χ4v) is 7.79. The van der Waals surface area contributed by atoms with E-state index in [0.717, 1.165) is 56.2 Å². The second kappa shape index (κ2) is 14.2. The van der Waals surface area contributed by atoms with Crippen LogP contribution in [0.15, 0.2) is 60.8 Å². The van der Waals surface area contributed by atoms with Gasteiger partial charge in [0.15, 0.2) is 5.82 Å². The predicted octanol–water partition coefficient (Wildman–Crippen LogP) is 6.90. The molecule has 6 rings (SSSR count). The van der Waals surface area contributed by atoms with Crippen molar-refractivity contribution in [2.24, 2.45) is 0 Å². The number of aryl methyl sites for hydroxylation is 2. The van der Waals surface area contributed by atoms with Gasteiger partial charge in [0.2, 0.25) is 0 Å². The largest absolute Gasteiger partial charge is 0.478 e. The number of piperidine rings is 1. The summed E-state index contributed by atoms with van der Waals surface area (Å²) in [5.41, 5.74) is 9.74. The molecule has 3 heterocycles. The van der Waals surface area contributed by atoms with Gasteiger partial charge in [0.1, 0.15) is 11.7 Å². The molecule has 1 saturated heterocycles. The molecule has 8 nitrogen and oxygen atoms in total. The molecule has 0 saturated carbocycles. The number of aliphatic hydroxyl groups is 1. The van der Waals surface area contributed by atoms with Crippen LogP contribution >= 0.6 is 0 Å². The van der Waals surface area contributed by atoms with E-state index in [9.17, 15) is 19.8 Å². The summed E-state index contributed by atoms with van der Waals surface area (Å²) in [6.45, 7) is 7.55. The summed E-state index contributed by atoms with van der Waals surface area (Å²) in [6.07, 6.45) is 8.31. The van der Waals surface area contributed by atoms with E-state index in [0.29, 0.717) is 49.3 Å². The van der Waals surface area contributed by atoms with Crippen molar-refractivity contribution >= 4 is 11.9 Å². The van der Waals surface area contributed by atoms with E-state index in [1.165, 1.54) is 34.0 Å². The van der Waals surface area contributed by atoms with E-state index in [-0.39, 0.29) is 11.5 Å². The van der Waals surface area contributed by atoms with E-state index in [4.69, 9.17) is 4.98 Å². The number of hydrogen-bond donors (Lipinski definition) is 2. The van der Waals surface area contributed by atoms with Crippen LogP contribution in [0.1, 0.15) is 109 Å². The maximum Gasteiger partial charge on any atom is 0.339 e. The molecule has 4 aromatic rings. The van der Waals surface area contributed by atoms with Gasteiger partial charge < -0.3 is 15.1 Å². The van der Waals surface area contributed by atoms with E-state index in [1.807, 2.05) is 36.9 Å². The first kappa shape index (κ1) is 32.6. The molecule has 1 amide bonds. The van der Waals surface area contributed by atoms with Gasteiger partial charge in [-0.2, -0.15) is 5.10 Å². The number of hydrogen-bond acceptors (Lipinski definition) is 5. The van der Waals surface area contributed by atoms with Crippen LogP contribution in [-0.2, 0) is 30.5 Å². The molecule has 2 aromatic heterocycles. The smallest absolute Gasteiger partial charge is 0.339 e. The zero-order chi connectivity index (χ0) is 33.1. The van der Waals surface area contributed by atoms with Crippen LogP contribution in [0.3, 0.4) is 0 Å². The van der Waals surface area contributed by atoms with Crippen LogP contribution in [0.5, 0.6) is 0 Å². The van der Waals surface area contributed by atoms with Crippen LogP contribution in [0, 0.1) is 0 Å². The number of carbonyl (C=O) groups is 2. The third-order valence-corrected chi connectivity index (χ3v) is 10.2. The van der Waals surface area contributed by atoms with Crippen molar-refractivity contribution < 1.29 is 19.8 Å². The molecule has 2 unspecified atom stereocenters. The molecule has 2 aromatic carbocycles.